The number of aliphatic hydroxyl groups excluding tert-OH is 5. The van der Waals surface area contributed by atoms with Gasteiger partial charge in [0.2, 0.25) is 0 Å². The van der Waals surface area contributed by atoms with Gasteiger partial charge in [0.15, 0.2) is 6.29 Å². The zero-order valence-corrected chi connectivity index (χ0v) is 10.5. The zero-order valence-electron chi connectivity index (χ0n) is 10.5. The van der Waals surface area contributed by atoms with Crippen molar-refractivity contribution in [1.29, 1.82) is 0 Å². The van der Waals surface area contributed by atoms with Gasteiger partial charge in [-0.1, -0.05) is 6.08 Å². The lowest BCUT2D eigenvalue weighted by atomic mass is 10.0. The van der Waals surface area contributed by atoms with Crippen LogP contribution < -0.4 is 0 Å². The number of aliphatic hydroxyl groups is 5. The number of hydrogen-bond acceptors (Lipinski definition) is 7. The molecule has 1 aliphatic heterocycles. The van der Waals surface area contributed by atoms with E-state index in [1.165, 1.54) is 0 Å². The molecule has 0 aromatic rings. The van der Waals surface area contributed by atoms with E-state index in [9.17, 15) is 4.79 Å². The Balaban J connectivity index is 0.000000388. The normalized spacial score (nSPS) is 23.4. The molecule has 5 atom stereocenters. The molecule has 0 aromatic carbocycles. The van der Waals surface area contributed by atoms with Crippen LogP contribution in [-0.2, 0) is 9.53 Å². The topological polar surface area (TPSA) is 127 Å². The lowest BCUT2D eigenvalue weighted by molar-refractivity contribution is -0.136. The number of rotatable bonds is 5. The van der Waals surface area contributed by atoms with Crippen LogP contribution in [0.5, 0.6) is 0 Å². The van der Waals surface area contributed by atoms with Crippen LogP contribution in [0.1, 0.15) is 6.92 Å². The molecular weight excluding hydrogens is 256 g/mol. The molecule has 0 aliphatic carbocycles. The summed E-state index contributed by atoms with van der Waals surface area (Å²) in [5.74, 6) is 0. The Morgan fingerprint density at radius 2 is 1.84 bits per heavy atom. The first-order chi connectivity index (χ1) is 8.93. The molecule has 5 unspecified atom stereocenters. The largest absolute Gasteiger partial charge is 0.494 e. The molecule has 1 rings (SSSR count). The third-order valence-electron chi connectivity index (χ3n) is 2.29. The van der Waals surface area contributed by atoms with Gasteiger partial charge in [0, 0.05) is 0 Å². The summed E-state index contributed by atoms with van der Waals surface area (Å²) >= 11 is 0. The van der Waals surface area contributed by atoms with Gasteiger partial charge in [-0.05, 0) is 19.1 Å². The second kappa shape index (κ2) is 9.65. The molecule has 7 nitrogen and oxygen atoms in total. The monoisotopic (exact) mass is 276 g/mol. The van der Waals surface area contributed by atoms with E-state index in [1.807, 2.05) is 25.2 Å². The SMILES string of the molecule is CC1C=CC=CO1.O=CC(O)C(O)C(O)C(O)CO. The first kappa shape index (κ1) is 17.8. The molecule has 0 radical (unpaired) electrons. The van der Waals surface area contributed by atoms with Crippen molar-refractivity contribution in [3.05, 3.63) is 24.5 Å². The van der Waals surface area contributed by atoms with Gasteiger partial charge in [-0.2, -0.15) is 0 Å². The summed E-state index contributed by atoms with van der Waals surface area (Å²) in [5.41, 5.74) is 0. The molecule has 1 heterocycles. The average molecular weight is 276 g/mol. The van der Waals surface area contributed by atoms with Crippen molar-refractivity contribution in [2.24, 2.45) is 0 Å². The third-order valence-corrected chi connectivity index (χ3v) is 2.29. The van der Waals surface area contributed by atoms with Crippen LogP contribution in [0.2, 0.25) is 0 Å². The first-order valence-electron chi connectivity index (χ1n) is 5.71. The van der Waals surface area contributed by atoms with Gasteiger partial charge < -0.3 is 35.1 Å². The fourth-order valence-electron chi connectivity index (χ4n) is 1.10. The summed E-state index contributed by atoms with van der Waals surface area (Å²) in [7, 11) is 0. The zero-order chi connectivity index (χ0) is 14.8. The van der Waals surface area contributed by atoms with E-state index in [0.717, 1.165) is 0 Å². The Bertz CT molecular complexity index is 302. The fraction of sp³-hybridized carbons (Fsp3) is 0.583. The predicted octanol–water partition coefficient (Wildman–Crippen LogP) is -1.90. The van der Waals surface area contributed by atoms with Crippen LogP contribution >= 0.6 is 0 Å². The molecule has 0 bridgehead atoms. The molecule has 0 fully saturated rings. The number of hydrogen-bond donors (Lipinski definition) is 5. The highest BCUT2D eigenvalue weighted by atomic mass is 16.5. The van der Waals surface area contributed by atoms with Crippen molar-refractivity contribution in [3.63, 3.8) is 0 Å². The Morgan fingerprint density at radius 3 is 2.16 bits per heavy atom. The summed E-state index contributed by atoms with van der Waals surface area (Å²) < 4.78 is 5.01. The summed E-state index contributed by atoms with van der Waals surface area (Å²) in [6.07, 6.45) is 0.984. The molecule has 19 heavy (non-hydrogen) atoms. The van der Waals surface area contributed by atoms with Crippen LogP contribution in [0.15, 0.2) is 24.5 Å². The van der Waals surface area contributed by atoms with Crippen LogP contribution in [0.4, 0.5) is 0 Å². The van der Waals surface area contributed by atoms with Gasteiger partial charge >= 0.3 is 0 Å². The molecular formula is C12H20O7. The maximum atomic E-state index is 9.90. The number of carbonyl (C=O) groups excluding carboxylic acids is 1. The summed E-state index contributed by atoms with van der Waals surface area (Å²) in [6.45, 7) is 1.24. The minimum absolute atomic E-state index is 0.0258. The number of carbonyl (C=O) groups is 1. The van der Waals surface area contributed by atoms with Crippen molar-refractivity contribution < 1.29 is 35.1 Å². The predicted molar refractivity (Wildman–Crippen MR) is 66.0 cm³/mol. The maximum absolute atomic E-state index is 9.90. The fourth-order valence-corrected chi connectivity index (χ4v) is 1.10. The second-order valence-electron chi connectivity index (χ2n) is 3.91. The van der Waals surface area contributed by atoms with Crippen LogP contribution in [0, 0.1) is 0 Å². The number of ether oxygens (including phenoxy) is 1. The van der Waals surface area contributed by atoms with E-state index < -0.39 is 31.0 Å². The lowest BCUT2D eigenvalue weighted by Crippen LogP contribution is -2.46. The van der Waals surface area contributed by atoms with Gasteiger partial charge in [-0.3, -0.25) is 0 Å². The lowest BCUT2D eigenvalue weighted by Gasteiger charge is -2.22. The molecule has 5 N–H and O–H groups in total. The van der Waals surface area contributed by atoms with Crippen molar-refractivity contribution in [2.75, 3.05) is 6.61 Å². The smallest absolute Gasteiger partial charge is 0.151 e. The summed E-state index contributed by atoms with van der Waals surface area (Å²) in [4.78, 5) is 9.90. The Labute approximate surface area is 111 Å². The third kappa shape index (κ3) is 7.04. The van der Waals surface area contributed by atoms with Gasteiger partial charge in [0.25, 0.3) is 0 Å². The highest BCUT2D eigenvalue weighted by molar-refractivity contribution is 5.56. The highest BCUT2D eigenvalue weighted by Crippen LogP contribution is 2.03. The minimum Gasteiger partial charge on any atom is -0.494 e. The summed E-state index contributed by atoms with van der Waals surface area (Å²) in [6, 6.07) is 0. The van der Waals surface area contributed by atoms with Gasteiger partial charge in [0.1, 0.15) is 30.5 Å². The maximum Gasteiger partial charge on any atom is 0.151 e. The van der Waals surface area contributed by atoms with Crippen molar-refractivity contribution in [1.82, 2.24) is 0 Å². The molecule has 0 spiro atoms. The van der Waals surface area contributed by atoms with E-state index in [0.29, 0.717) is 0 Å². The molecule has 0 saturated heterocycles. The summed E-state index contributed by atoms with van der Waals surface area (Å²) in [5, 5.41) is 43.5. The first-order valence-corrected chi connectivity index (χ1v) is 5.71. The number of aldehydes is 1. The van der Waals surface area contributed by atoms with E-state index in [4.69, 9.17) is 30.3 Å². The Hall–Kier alpha value is -1.25. The minimum atomic E-state index is -1.79. The van der Waals surface area contributed by atoms with Crippen LogP contribution in [0.25, 0.3) is 0 Å². The second-order valence-corrected chi connectivity index (χ2v) is 3.91. The molecule has 0 saturated carbocycles. The molecule has 110 valence electrons. The standard InChI is InChI=1S/C6H12O6.C6H8O/c7-1-3(9)5(11)6(12)4(10)2-8;1-6-4-2-3-5-7-6/h1,3-6,8-12H,2H2;2-6H,1H3. The van der Waals surface area contributed by atoms with E-state index in [1.54, 1.807) is 6.26 Å². The van der Waals surface area contributed by atoms with Gasteiger partial charge in [-0.15, -0.1) is 0 Å². The Morgan fingerprint density at radius 1 is 1.21 bits per heavy atom. The van der Waals surface area contributed by atoms with E-state index in [2.05, 4.69) is 0 Å². The molecule has 0 amide bonds. The highest BCUT2D eigenvalue weighted by Gasteiger charge is 2.29. The Kier molecular flexibility index (Phi) is 9.02. The van der Waals surface area contributed by atoms with Crippen molar-refractivity contribution in [3.8, 4) is 0 Å². The van der Waals surface area contributed by atoms with Crippen LogP contribution in [0.3, 0.4) is 0 Å². The van der Waals surface area contributed by atoms with Crippen molar-refractivity contribution in [2.45, 2.75) is 37.4 Å². The molecule has 1 aliphatic rings. The van der Waals surface area contributed by atoms with Crippen molar-refractivity contribution >= 4 is 6.29 Å². The quantitative estimate of drug-likeness (QED) is 0.371. The van der Waals surface area contributed by atoms with E-state index >= 15 is 0 Å². The van der Waals surface area contributed by atoms with Gasteiger partial charge in [0.05, 0.1) is 12.9 Å². The van der Waals surface area contributed by atoms with Gasteiger partial charge in [-0.25, -0.2) is 0 Å². The average Bonchev–Trinajstić information content (AvgIpc) is 2.45. The van der Waals surface area contributed by atoms with E-state index in [-0.39, 0.29) is 12.4 Å². The molecule has 0 aromatic heterocycles. The number of allylic oxidation sites excluding steroid dienone is 2. The molecule has 7 heteroatoms. The van der Waals surface area contributed by atoms with Crippen LogP contribution in [-0.4, -0.2) is 68.9 Å².